The number of hydrogen-bond donors (Lipinski definition) is 1. The molecule has 1 aromatic rings. The van der Waals surface area contributed by atoms with Crippen LogP contribution in [0.2, 0.25) is 0 Å². The number of fused-ring (bicyclic) bond motifs is 1. The normalized spacial score (nSPS) is 22.1. The molecule has 1 amide bonds. The zero-order valence-electron chi connectivity index (χ0n) is 9.59. The summed E-state index contributed by atoms with van der Waals surface area (Å²) in [5.74, 6) is 0.893. The average Bonchev–Trinajstić information content (AvgIpc) is 2.58. The van der Waals surface area contributed by atoms with Crippen LogP contribution in [0.4, 0.5) is 0 Å². The number of amidine groups is 1. The third-order valence-electron chi connectivity index (χ3n) is 2.76. The van der Waals surface area contributed by atoms with E-state index in [1.807, 2.05) is 0 Å². The molecule has 2 heterocycles. The quantitative estimate of drug-likeness (QED) is 0.793. The zero-order chi connectivity index (χ0) is 12.5. The van der Waals surface area contributed by atoms with E-state index >= 15 is 0 Å². The van der Waals surface area contributed by atoms with Crippen LogP contribution < -0.4 is 15.2 Å². The highest BCUT2D eigenvalue weighted by Gasteiger charge is 2.30. The number of carbonyl (C=O) groups excluding carboxylic acids is 1. The van der Waals surface area contributed by atoms with E-state index in [0.29, 0.717) is 30.3 Å². The summed E-state index contributed by atoms with van der Waals surface area (Å²) >= 11 is 0. The molecule has 0 aromatic heterocycles. The van der Waals surface area contributed by atoms with Gasteiger partial charge < -0.3 is 19.9 Å². The topological polar surface area (TPSA) is 83.1 Å². The molecule has 0 radical (unpaired) electrons. The molecular weight excluding hydrogens is 236 g/mol. The van der Waals surface area contributed by atoms with Crippen molar-refractivity contribution in [3.05, 3.63) is 23.8 Å². The fourth-order valence-electron chi connectivity index (χ4n) is 1.92. The Morgan fingerprint density at radius 3 is 2.72 bits per heavy atom. The minimum atomic E-state index is -0.776. The van der Waals surface area contributed by atoms with Gasteiger partial charge in [-0.05, 0) is 12.1 Å². The molecule has 1 aromatic carbocycles. The summed E-state index contributed by atoms with van der Waals surface area (Å²) in [7, 11) is 0. The zero-order valence-corrected chi connectivity index (χ0v) is 9.59. The highest BCUT2D eigenvalue weighted by molar-refractivity contribution is 5.98. The van der Waals surface area contributed by atoms with Crippen LogP contribution in [0.1, 0.15) is 18.1 Å². The van der Waals surface area contributed by atoms with Crippen molar-refractivity contribution in [3.8, 4) is 11.5 Å². The predicted molar refractivity (Wildman–Crippen MR) is 62.5 cm³/mol. The minimum absolute atomic E-state index is 0.0999. The van der Waals surface area contributed by atoms with E-state index < -0.39 is 12.0 Å². The molecular formula is C12H12N2O4. The molecule has 3 rings (SSSR count). The number of nitrogens with zero attached hydrogens (tertiary/aromatic N) is 1. The van der Waals surface area contributed by atoms with Crippen LogP contribution >= 0.6 is 0 Å². The van der Waals surface area contributed by atoms with Gasteiger partial charge in [0.25, 0.3) is 11.9 Å². The van der Waals surface area contributed by atoms with Crippen LogP contribution in [0.3, 0.4) is 0 Å². The Bertz CT molecular complexity index is 527. The smallest absolute Gasteiger partial charge is 0.296 e. The Kier molecular flexibility index (Phi) is 2.55. The van der Waals surface area contributed by atoms with Crippen LogP contribution in [0, 0.1) is 0 Å². The third-order valence-corrected chi connectivity index (χ3v) is 2.76. The summed E-state index contributed by atoms with van der Waals surface area (Å²) in [6.45, 7) is 1.22. The first-order chi connectivity index (χ1) is 8.74. The summed E-state index contributed by atoms with van der Waals surface area (Å²) in [6.07, 6.45) is 0.0565. The van der Waals surface area contributed by atoms with E-state index in [9.17, 15) is 4.79 Å². The lowest BCUT2D eigenvalue weighted by Gasteiger charge is -2.12. The second-order valence-corrected chi connectivity index (χ2v) is 4.04. The second kappa shape index (κ2) is 4.21. The first-order valence-electron chi connectivity index (χ1n) is 5.68. The van der Waals surface area contributed by atoms with Gasteiger partial charge in [0.15, 0.2) is 11.5 Å². The Morgan fingerprint density at radius 2 is 2.00 bits per heavy atom. The molecule has 18 heavy (non-hydrogen) atoms. The number of aliphatic imine (C=N–C) groups is 1. The highest BCUT2D eigenvalue weighted by atomic mass is 16.5. The standard InChI is InChI=1S/C12H12N2O4/c13-12-14-11(15)10(18-12)7-2-3-8-9(6-7)17-5-1-4-16-8/h2-3,6,10H,1,4-5H2,(H2,13,14,15). The van der Waals surface area contributed by atoms with Crippen LogP contribution in [0.5, 0.6) is 11.5 Å². The van der Waals surface area contributed by atoms with E-state index in [2.05, 4.69) is 4.99 Å². The lowest BCUT2D eigenvalue weighted by molar-refractivity contribution is -0.122. The molecule has 0 saturated carbocycles. The first-order valence-corrected chi connectivity index (χ1v) is 5.68. The number of amides is 1. The molecule has 2 aliphatic heterocycles. The van der Waals surface area contributed by atoms with E-state index in [1.54, 1.807) is 18.2 Å². The molecule has 2 N–H and O–H groups in total. The van der Waals surface area contributed by atoms with Crippen LogP contribution in [0.25, 0.3) is 0 Å². The van der Waals surface area contributed by atoms with Gasteiger partial charge in [0.05, 0.1) is 13.2 Å². The SMILES string of the molecule is NC1=NC(=O)C(c2ccc3c(c2)OCCCO3)O1. The van der Waals surface area contributed by atoms with E-state index in [4.69, 9.17) is 19.9 Å². The van der Waals surface area contributed by atoms with Crippen LogP contribution in [0.15, 0.2) is 23.2 Å². The monoisotopic (exact) mass is 248 g/mol. The Labute approximate surface area is 103 Å². The van der Waals surface area contributed by atoms with Crippen molar-refractivity contribution in [2.45, 2.75) is 12.5 Å². The second-order valence-electron chi connectivity index (χ2n) is 4.04. The number of ether oxygens (including phenoxy) is 3. The summed E-state index contributed by atoms with van der Waals surface area (Å²) in [5.41, 5.74) is 6.03. The molecule has 0 saturated heterocycles. The predicted octanol–water partition coefficient (Wildman–Crippen LogP) is 0.760. The molecule has 6 nitrogen and oxygen atoms in total. The molecule has 0 bridgehead atoms. The van der Waals surface area contributed by atoms with E-state index in [1.165, 1.54) is 0 Å². The van der Waals surface area contributed by atoms with Gasteiger partial charge in [-0.25, -0.2) is 0 Å². The summed E-state index contributed by atoms with van der Waals surface area (Å²) in [5, 5.41) is 0. The Hall–Kier alpha value is -2.24. The fraction of sp³-hybridized carbons (Fsp3) is 0.333. The minimum Gasteiger partial charge on any atom is -0.490 e. The molecule has 6 heteroatoms. The van der Waals surface area contributed by atoms with Gasteiger partial charge in [0, 0.05) is 12.0 Å². The van der Waals surface area contributed by atoms with Crippen molar-refractivity contribution >= 4 is 11.9 Å². The summed E-state index contributed by atoms with van der Waals surface area (Å²) in [6, 6.07) is 5.15. The van der Waals surface area contributed by atoms with Crippen LogP contribution in [-0.2, 0) is 9.53 Å². The van der Waals surface area contributed by atoms with Crippen molar-refractivity contribution in [1.29, 1.82) is 0 Å². The van der Waals surface area contributed by atoms with Crippen molar-refractivity contribution in [1.82, 2.24) is 0 Å². The maximum Gasteiger partial charge on any atom is 0.296 e. The average molecular weight is 248 g/mol. The Morgan fingerprint density at radius 1 is 1.22 bits per heavy atom. The number of hydrogen-bond acceptors (Lipinski definition) is 5. The molecule has 1 atom stereocenters. The summed E-state index contributed by atoms with van der Waals surface area (Å²) < 4.78 is 16.2. The van der Waals surface area contributed by atoms with Crippen LogP contribution in [-0.4, -0.2) is 25.1 Å². The molecule has 94 valence electrons. The molecule has 0 fully saturated rings. The van der Waals surface area contributed by atoms with Crippen molar-refractivity contribution < 1.29 is 19.0 Å². The van der Waals surface area contributed by atoms with E-state index in [-0.39, 0.29) is 6.02 Å². The van der Waals surface area contributed by atoms with Gasteiger partial charge in [-0.1, -0.05) is 6.07 Å². The molecule has 0 aliphatic carbocycles. The van der Waals surface area contributed by atoms with Crippen molar-refractivity contribution in [3.63, 3.8) is 0 Å². The maximum absolute atomic E-state index is 11.6. The molecule has 1 unspecified atom stereocenters. The van der Waals surface area contributed by atoms with Gasteiger partial charge in [0.1, 0.15) is 0 Å². The summed E-state index contributed by atoms with van der Waals surface area (Å²) in [4.78, 5) is 15.1. The van der Waals surface area contributed by atoms with Gasteiger partial charge in [-0.15, -0.1) is 0 Å². The maximum atomic E-state index is 11.6. The lowest BCUT2D eigenvalue weighted by atomic mass is 10.1. The van der Waals surface area contributed by atoms with Gasteiger partial charge in [-0.2, -0.15) is 4.99 Å². The Balaban J connectivity index is 1.90. The highest BCUT2D eigenvalue weighted by Crippen LogP contribution is 2.34. The number of rotatable bonds is 1. The van der Waals surface area contributed by atoms with E-state index in [0.717, 1.165) is 6.42 Å². The number of nitrogens with two attached hydrogens (primary N) is 1. The lowest BCUT2D eigenvalue weighted by Crippen LogP contribution is -2.14. The largest absolute Gasteiger partial charge is 0.490 e. The third kappa shape index (κ3) is 1.85. The molecule has 2 aliphatic rings. The fourth-order valence-corrected chi connectivity index (χ4v) is 1.92. The van der Waals surface area contributed by atoms with Crippen molar-refractivity contribution in [2.75, 3.05) is 13.2 Å². The van der Waals surface area contributed by atoms with Crippen molar-refractivity contribution in [2.24, 2.45) is 10.7 Å². The number of benzene rings is 1. The first kappa shape index (κ1) is 10.9. The van der Waals surface area contributed by atoms with Gasteiger partial charge in [0.2, 0.25) is 6.10 Å². The number of carbonyl (C=O) groups is 1. The van der Waals surface area contributed by atoms with Gasteiger partial charge in [-0.3, -0.25) is 4.79 Å². The van der Waals surface area contributed by atoms with Gasteiger partial charge >= 0.3 is 0 Å². The molecule has 0 spiro atoms.